The van der Waals surface area contributed by atoms with Gasteiger partial charge in [0.1, 0.15) is 0 Å². The summed E-state index contributed by atoms with van der Waals surface area (Å²) in [7, 11) is 0. The maximum atomic E-state index is 12.9. The molecule has 0 aromatic heterocycles. The van der Waals surface area contributed by atoms with Crippen LogP contribution in [0.5, 0.6) is 0 Å². The molecule has 1 unspecified atom stereocenters. The second-order valence-electron chi connectivity index (χ2n) is 5.61. The summed E-state index contributed by atoms with van der Waals surface area (Å²) in [6.45, 7) is 0. The first-order valence-corrected chi connectivity index (χ1v) is 8.26. The molecule has 2 aromatic rings. The number of Topliss-reactive ketones (excluding diaryl/α,β-unsaturated/α-hetero) is 1. The van der Waals surface area contributed by atoms with E-state index in [0.29, 0.717) is 0 Å². The van der Waals surface area contributed by atoms with Gasteiger partial charge in [0.15, 0.2) is 11.9 Å². The summed E-state index contributed by atoms with van der Waals surface area (Å²) in [6, 6.07) is 9.22. The Bertz CT molecular complexity index is 895. The SMILES string of the molecule is Nc1cc(Cl)cc(C(=O)c2ccccc2Cl)c1C(=O)C1CCC(=O)O1. The molecule has 5 nitrogen and oxygen atoms in total. The Morgan fingerprint density at radius 1 is 1.12 bits per heavy atom. The molecule has 1 aliphatic rings. The standard InChI is InChI=1S/C18H13Cl2NO4/c19-9-7-11(17(23)10-3-1-2-4-12(10)20)16(13(21)8-9)18(24)14-5-6-15(22)25-14/h1-4,7-8,14H,5-6,21H2. The fourth-order valence-electron chi connectivity index (χ4n) is 2.74. The number of nitrogen functional groups attached to an aromatic ring is 1. The predicted molar refractivity (Wildman–Crippen MR) is 94.2 cm³/mol. The van der Waals surface area contributed by atoms with E-state index in [2.05, 4.69) is 0 Å². The normalized spacial score (nSPS) is 16.6. The lowest BCUT2D eigenvalue weighted by Crippen LogP contribution is -2.24. The van der Waals surface area contributed by atoms with Crippen LogP contribution in [0.1, 0.15) is 39.1 Å². The molecule has 0 spiro atoms. The second-order valence-corrected chi connectivity index (χ2v) is 6.45. The van der Waals surface area contributed by atoms with Gasteiger partial charge >= 0.3 is 5.97 Å². The highest BCUT2D eigenvalue weighted by molar-refractivity contribution is 6.36. The molecule has 1 aliphatic heterocycles. The van der Waals surface area contributed by atoms with E-state index < -0.39 is 23.6 Å². The molecular formula is C18H13Cl2NO4. The van der Waals surface area contributed by atoms with Crippen LogP contribution in [0.15, 0.2) is 36.4 Å². The molecule has 0 bridgehead atoms. The number of cyclic esters (lactones) is 1. The number of hydrogen-bond acceptors (Lipinski definition) is 5. The van der Waals surface area contributed by atoms with Gasteiger partial charge in [-0.15, -0.1) is 0 Å². The van der Waals surface area contributed by atoms with Crippen molar-refractivity contribution in [2.75, 3.05) is 5.73 Å². The molecule has 25 heavy (non-hydrogen) atoms. The van der Waals surface area contributed by atoms with Crippen molar-refractivity contribution in [1.29, 1.82) is 0 Å². The molecular weight excluding hydrogens is 365 g/mol. The quantitative estimate of drug-likeness (QED) is 0.498. The summed E-state index contributed by atoms with van der Waals surface area (Å²) in [5, 5.41) is 0.463. The van der Waals surface area contributed by atoms with Crippen LogP contribution in [0.2, 0.25) is 10.0 Å². The van der Waals surface area contributed by atoms with Gasteiger partial charge < -0.3 is 10.5 Å². The predicted octanol–water partition coefficient (Wildman–Crippen LogP) is 3.69. The number of ether oxygens (including phenoxy) is 1. The van der Waals surface area contributed by atoms with Crippen molar-refractivity contribution in [1.82, 2.24) is 0 Å². The number of carbonyl (C=O) groups excluding carboxylic acids is 3. The number of hydrogen-bond donors (Lipinski definition) is 1. The highest BCUT2D eigenvalue weighted by atomic mass is 35.5. The van der Waals surface area contributed by atoms with E-state index in [0.717, 1.165) is 0 Å². The van der Waals surface area contributed by atoms with Crippen LogP contribution in [-0.2, 0) is 9.53 Å². The summed E-state index contributed by atoms with van der Waals surface area (Å²) in [5.74, 6) is -1.45. The van der Waals surface area contributed by atoms with E-state index in [1.165, 1.54) is 12.1 Å². The number of esters is 1. The molecule has 2 aromatic carbocycles. The summed E-state index contributed by atoms with van der Waals surface area (Å²) in [5.41, 5.74) is 6.25. The van der Waals surface area contributed by atoms with E-state index >= 15 is 0 Å². The monoisotopic (exact) mass is 377 g/mol. The lowest BCUT2D eigenvalue weighted by Gasteiger charge is -2.15. The summed E-state index contributed by atoms with van der Waals surface area (Å²) >= 11 is 12.1. The maximum absolute atomic E-state index is 12.9. The van der Waals surface area contributed by atoms with Crippen LogP contribution < -0.4 is 5.73 Å². The third-order valence-corrected chi connectivity index (χ3v) is 4.47. The molecule has 0 aliphatic carbocycles. The third kappa shape index (κ3) is 3.38. The average molecular weight is 378 g/mol. The van der Waals surface area contributed by atoms with Gasteiger partial charge in [-0.1, -0.05) is 35.3 Å². The van der Waals surface area contributed by atoms with E-state index in [-0.39, 0.29) is 45.3 Å². The zero-order chi connectivity index (χ0) is 18.1. The number of nitrogens with two attached hydrogens (primary N) is 1. The molecule has 0 amide bonds. The summed E-state index contributed by atoms with van der Waals surface area (Å²) in [6.07, 6.45) is -0.550. The van der Waals surface area contributed by atoms with Crippen LogP contribution in [0.4, 0.5) is 5.69 Å². The molecule has 3 rings (SSSR count). The van der Waals surface area contributed by atoms with Gasteiger partial charge in [-0.05, 0) is 24.3 Å². The average Bonchev–Trinajstić information content (AvgIpc) is 3.00. The van der Waals surface area contributed by atoms with E-state index in [9.17, 15) is 14.4 Å². The molecule has 2 N–H and O–H groups in total. The van der Waals surface area contributed by atoms with E-state index in [1.54, 1.807) is 24.3 Å². The minimum Gasteiger partial charge on any atom is -0.454 e. The number of ketones is 2. The van der Waals surface area contributed by atoms with Crippen LogP contribution in [0, 0.1) is 0 Å². The number of rotatable bonds is 4. The van der Waals surface area contributed by atoms with Gasteiger partial charge in [0.25, 0.3) is 0 Å². The third-order valence-electron chi connectivity index (χ3n) is 3.92. The molecule has 0 saturated carbocycles. The van der Waals surface area contributed by atoms with Crippen molar-refractivity contribution in [2.24, 2.45) is 0 Å². The van der Waals surface area contributed by atoms with Gasteiger partial charge in [-0.25, -0.2) is 0 Å². The maximum Gasteiger partial charge on any atom is 0.306 e. The van der Waals surface area contributed by atoms with Crippen LogP contribution in [0.3, 0.4) is 0 Å². The number of halogens is 2. The molecule has 1 heterocycles. The summed E-state index contributed by atoms with van der Waals surface area (Å²) < 4.78 is 5.01. The molecule has 0 radical (unpaired) electrons. The minimum atomic E-state index is -0.950. The lowest BCUT2D eigenvalue weighted by molar-refractivity contribution is -0.140. The first kappa shape index (κ1) is 17.5. The molecule has 1 atom stereocenters. The molecule has 1 saturated heterocycles. The largest absolute Gasteiger partial charge is 0.454 e. The van der Waals surface area contributed by atoms with E-state index in [4.69, 9.17) is 33.7 Å². The zero-order valence-electron chi connectivity index (χ0n) is 12.9. The Morgan fingerprint density at radius 2 is 1.84 bits per heavy atom. The van der Waals surface area contributed by atoms with Crippen molar-refractivity contribution in [3.8, 4) is 0 Å². The highest BCUT2D eigenvalue weighted by Gasteiger charge is 2.34. The fourth-order valence-corrected chi connectivity index (χ4v) is 3.19. The minimum absolute atomic E-state index is 0.00554. The Kier molecular flexibility index (Phi) is 4.79. The lowest BCUT2D eigenvalue weighted by atomic mass is 9.92. The summed E-state index contributed by atoms with van der Waals surface area (Å²) in [4.78, 5) is 37.0. The number of benzene rings is 2. The van der Waals surface area contributed by atoms with Crippen molar-refractivity contribution in [3.05, 3.63) is 63.1 Å². The Hall–Kier alpha value is -2.37. The first-order chi connectivity index (χ1) is 11.9. The number of carbonyl (C=O) groups is 3. The van der Waals surface area contributed by atoms with Gasteiger partial charge in [0.2, 0.25) is 5.78 Å². The zero-order valence-corrected chi connectivity index (χ0v) is 14.4. The van der Waals surface area contributed by atoms with E-state index in [1.807, 2.05) is 0 Å². The van der Waals surface area contributed by atoms with Gasteiger partial charge in [-0.2, -0.15) is 0 Å². The Morgan fingerprint density at radius 3 is 2.48 bits per heavy atom. The smallest absolute Gasteiger partial charge is 0.306 e. The van der Waals surface area contributed by atoms with Gasteiger partial charge in [0.05, 0.1) is 10.6 Å². The first-order valence-electron chi connectivity index (χ1n) is 7.50. The Labute approximate surface area is 153 Å². The second kappa shape index (κ2) is 6.86. The van der Waals surface area contributed by atoms with Crippen LogP contribution in [0.25, 0.3) is 0 Å². The van der Waals surface area contributed by atoms with Gasteiger partial charge in [0, 0.05) is 34.7 Å². The van der Waals surface area contributed by atoms with Crippen LogP contribution in [-0.4, -0.2) is 23.6 Å². The Balaban J connectivity index is 2.10. The van der Waals surface area contributed by atoms with Crippen molar-refractivity contribution in [3.63, 3.8) is 0 Å². The van der Waals surface area contributed by atoms with Crippen molar-refractivity contribution < 1.29 is 19.1 Å². The van der Waals surface area contributed by atoms with Crippen molar-refractivity contribution >= 4 is 46.4 Å². The van der Waals surface area contributed by atoms with Gasteiger partial charge in [-0.3, -0.25) is 14.4 Å². The highest BCUT2D eigenvalue weighted by Crippen LogP contribution is 2.30. The molecule has 7 heteroatoms. The van der Waals surface area contributed by atoms with Crippen molar-refractivity contribution in [2.45, 2.75) is 18.9 Å². The number of anilines is 1. The topological polar surface area (TPSA) is 86.5 Å². The fraction of sp³-hybridized carbons (Fsp3) is 0.167. The molecule has 128 valence electrons. The molecule has 1 fully saturated rings. The van der Waals surface area contributed by atoms with Crippen LogP contribution >= 0.6 is 23.2 Å².